The predicted octanol–water partition coefficient (Wildman–Crippen LogP) is 2.06. The molecule has 1 fully saturated rings. The lowest BCUT2D eigenvalue weighted by molar-refractivity contribution is 0.0143. The molecule has 0 aromatic carbocycles. The lowest BCUT2D eigenvalue weighted by Crippen LogP contribution is -2.50. The van der Waals surface area contributed by atoms with Gasteiger partial charge in [0.1, 0.15) is 5.60 Å². The van der Waals surface area contributed by atoms with Gasteiger partial charge in [-0.3, -0.25) is 4.90 Å². The van der Waals surface area contributed by atoms with Gasteiger partial charge in [0.25, 0.3) is 0 Å². The summed E-state index contributed by atoms with van der Waals surface area (Å²) in [7, 11) is 0. The monoisotopic (exact) mass is 285 g/mol. The molecule has 20 heavy (non-hydrogen) atoms. The van der Waals surface area contributed by atoms with Crippen LogP contribution in [0.2, 0.25) is 0 Å². The fourth-order valence-electron chi connectivity index (χ4n) is 2.24. The summed E-state index contributed by atoms with van der Waals surface area (Å²) in [5.74, 6) is 0. The number of ether oxygens (including phenoxy) is 1. The summed E-state index contributed by atoms with van der Waals surface area (Å²) in [6.07, 6.45) is 1.94. The maximum Gasteiger partial charge on any atom is 0.410 e. The van der Waals surface area contributed by atoms with Gasteiger partial charge in [-0.1, -0.05) is 0 Å². The van der Waals surface area contributed by atoms with E-state index in [1.165, 1.54) is 0 Å². The number of hydrogen-bond donors (Lipinski definition) is 1. The average molecular weight is 285 g/mol. The van der Waals surface area contributed by atoms with Crippen molar-refractivity contribution in [1.82, 2.24) is 9.80 Å². The molecule has 2 N–H and O–H groups in total. The molecule has 0 unspecified atom stereocenters. The van der Waals surface area contributed by atoms with Gasteiger partial charge in [0.2, 0.25) is 0 Å². The number of piperazine rings is 1. The van der Waals surface area contributed by atoms with Gasteiger partial charge in [-0.2, -0.15) is 0 Å². The highest BCUT2D eigenvalue weighted by molar-refractivity contribution is 5.68. The number of rotatable bonds is 4. The Labute approximate surface area is 123 Å². The van der Waals surface area contributed by atoms with Crippen LogP contribution in [0.15, 0.2) is 0 Å². The maximum absolute atomic E-state index is 11.9. The van der Waals surface area contributed by atoms with Gasteiger partial charge in [-0.25, -0.2) is 4.79 Å². The lowest BCUT2D eigenvalue weighted by atomic mass is 10.00. The molecule has 0 atom stereocenters. The molecule has 118 valence electrons. The fourth-order valence-corrected chi connectivity index (χ4v) is 2.24. The van der Waals surface area contributed by atoms with Crippen LogP contribution in [0.5, 0.6) is 0 Å². The number of carbonyl (C=O) groups excluding carboxylic acids is 1. The summed E-state index contributed by atoms with van der Waals surface area (Å²) in [5.41, 5.74) is 5.48. The molecule has 0 bridgehead atoms. The van der Waals surface area contributed by atoms with Crippen molar-refractivity contribution in [1.29, 1.82) is 0 Å². The van der Waals surface area contributed by atoms with E-state index in [9.17, 15) is 4.79 Å². The number of carbonyl (C=O) groups is 1. The number of nitrogens with zero attached hydrogens (tertiary/aromatic N) is 2. The molecule has 1 heterocycles. The van der Waals surface area contributed by atoms with Gasteiger partial charge in [0.05, 0.1) is 0 Å². The van der Waals surface area contributed by atoms with Crippen molar-refractivity contribution in [3.05, 3.63) is 0 Å². The van der Waals surface area contributed by atoms with E-state index < -0.39 is 5.60 Å². The molecular formula is C15H31N3O2. The fraction of sp³-hybridized carbons (Fsp3) is 0.933. The van der Waals surface area contributed by atoms with Gasteiger partial charge in [0, 0.05) is 31.7 Å². The van der Waals surface area contributed by atoms with E-state index in [0.717, 1.165) is 45.6 Å². The quantitative estimate of drug-likeness (QED) is 0.859. The smallest absolute Gasteiger partial charge is 0.410 e. The predicted molar refractivity (Wildman–Crippen MR) is 81.7 cm³/mol. The van der Waals surface area contributed by atoms with E-state index in [1.807, 2.05) is 20.8 Å². The molecule has 0 saturated carbocycles. The van der Waals surface area contributed by atoms with Crippen molar-refractivity contribution in [2.45, 2.75) is 58.6 Å². The molecule has 1 saturated heterocycles. The van der Waals surface area contributed by atoms with Gasteiger partial charge in [-0.15, -0.1) is 0 Å². The Balaban J connectivity index is 2.25. The van der Waals surface area contributed by atoms with Crippen LogP contribution in [0.3, 0.4) is 0 Å². The Hall–Kier alpha value is -0.810. The minimum atomic E-state index is -0.416. The highest BCUT2D eigenvalue weighted by Gasteiger charge is 2.25. The third-order valence-electron chi connectivity index (χ3n) is 3.32. The summed E-state index contributed by atoms with van der Waals surface area (Å²) < 4.78 is 5.39. The van der Waals surface area contributed by atoms with Crippen molar-refractivity contribution >= 4 is 6.09 Å². The second-order valence-electron chi connectivity index (χ2n) is 7.40. The average Bonchev–Trinajstić information content (AvgIpc) is 2.25. The van der Waals surface area contributed by atoms with Crippen LogP contribution < -0.4 is 5.73 Å². The zero-order valence-electron chi connectivity index (χ0n) is 13.7. The van der Waals surface area contributed by atoms with Crippen LogP contribution >= 0.6 is 0 Å². The topological polar surface area (TPSA) is 58.8 Å². The first-order valence-corrected chi connectivity index (χ1v) is 7.56. The minimum absolute atomic E-state index is 0.0850. The van der Waals surface area contributed by atoms with Gasteiger partial charge in [-0.05, 0) is 54.0 Å². The summed E-state index contributed by atoms with van der Waals surface area (Å²) in [4.78, 5) is 16.1. The van der Waals surface area contributed by atoms with Crippen molar-refractivity contribution in [3.63, 3.8) is 0 Å². The molecule has 0 aromatic rings. The first-order valence-electron chi connectivity index (χ1n) is 7.56. The minimum Gasteiger partial charge on any atom is -0.444 e. The molecule has 1 aliphatic rings. The Morgan fingerprint density at radius 3 is 2.10 bits per heavy atom. The second kappa shape index (κ2) is 6.76. The largest absolute Gasteiger partial charge is 0.444 e. The van der Waals surface area contributed by atoms with E-state index in [-0.39, 0.29) is 11.6 Å². The zero-order chi connectivity index (χ0) is 15.4. The second-order valence-corrected chi connectivity index (χ2v) is 7.40. The SMILES string of the molecule is CC(C)(N)CCCN1CCN(C(=O)OC(C)(C)C)CC1. The molecular weight excluding hydrogens is 254 g/mol. The van der Waals surface area contributed by atoms with E-state index in [2.05, 4.69) is 18.7 Å². The van der Waals surface area contributed by atoms with Crippen LogP contribution in [0.25, 0.3) is 0 Å². The van der Waals surface area contributed by atoms with E-state index in [4.69, 9.17) is 10.5 Å². The third-order valence-corrected chi connectivity index (χ3v) is 3.32. The van der Waals surface area contributed by atoms with Gasteiger partial charge in [0.15, 0.2) is 0 Å². The van der Waals surface area contributed by atoms with E-state index in [1.54, 1.807) is 4.90 Å². The summed E-state index contributed by atoms with van der Waals surface area (Å²) in [6, 6.07) is 0. The Bertz CT molecular complexity index is 310. The zero-order valence-corrected chi connectivity index (χ0v) is 13.7. The van der Waals surface area contributed by atoms with Crippen molar-refractivity contribution < 1.29 is 9.53 Å². The molecule has 1 rings (SSSR count). The Morgan fingerprint density at radius 2 is 1.65 bits per heavy atom. The van der Waals surface area contributed by atoms with Gasteiger partial charge >= 0.3 is 6.09 Å². The summed E-state index contributed by atoms with van der Waals surface area (Å²) >= 11 is 0. The van der Waals surface area contributed by atoms with Crippen LogP contribution in [-0.2, 0) is 4.74 Å². The van der Waals surface area contributed by atoms with Crippen molar-refractivity contribution in [2.75, 3.05) is 32.7 Å². The van der Waals surface area contributed by atoms with Gasteiger partial charge < -0.3 is 15.4 Å². The van der Waals surface area contributed by atoms with E-state index >= 15 is 0 Å². The standard InChI is InChI=1S/C15H31N3O2/c1-14(2,3)20-13(19)18-11-9-17(10-12-18)8-6-7-15(4,5)16/h6-12,16H2,1-5H3. The maximum atomic E-state index is 11.9. The lowest BCUT2D eigenvalue weighted by Gasteiger charge is -2.35. The summed E-state index contributed by atoms with van der Waals surface area (Å²) in [6.45, 7) is 14.2. The Morgan fingerprint density at radius 1 is 1.10 bits per heavy atom. The highest BCUT2D eigenvalue weighted by Crippen LogP contribution is 2.13. The molecule has 0 radical (unpaired) electrons. The van der Waals surface area contributed by atoms with Crippen molar-refractivity contribution in [3.8, 4) is 0 Å². The first kappa shape index (κ1) is 17.2. The first-order chi connectivity index (χ1) is 9.07. The molecule has 0 spiro atoms. The number of amides is 1. The van der Waals surface area contributed by atoms with Crippen LogP contribution in [-0.4, -0.2) is 59.8 Å². The van der Waals surface area contributed by atoms with Crippen LogP contribution in [0.1, 0.15) is 47.5 Å². The molecule has 1 amide bonds. The van der Waals surface area contributed by atoms with Crippen LogP contribution in [0, 0.1) is 0 Å². The number of hydrogen-bond acceptors (Lipinski definition) is 4. The van der Waals surface area contributed by atoms with Crippen molar-refractivity contribution in [2.24, 2.45) is 5.73 Å². The highest BCUT2D eigenvalue weighted by atomic mass is 16.6. The number of nitrogens with two attached hydrogens (primary N) is 1. The Kier molecular flexibility index (Phi) is 5.83. The summed E-state index contributed by atoms with van der Waals surface area (Å²) in [5, 5.41) is 0. The molecule has 0 aromatic heterocycles. The molecule has 5 heteroatoms. The molecule has 0 aliphatic carbocycles. The normalized spacial score (nSPS) is 18.2. The third kappa shape index (κ3) is 7.10. The van der Waals surface area contributed by atoms with E-state index in [0.29, 0.717) is 0 Å². The molecule has 1 aliphatic heterocycles. The van der Waals surface area contributed by atoms with Crippen LogP contribution in [0.4, 0.5) is 4.79 Å². The molecule has 5 nitrogen and oxygen atoms in total.